The minimum absolute atomic E-state index is 0.0586. The number of allylic oxidation sites excluding steroid dienone is 2. The summed E-state index contributed by atoms with van der Waals surface area (Å²) in [4.78, 5) is 13.5. The SMILES string of the molecule is CC[C@@]1(c2cccc(-c3cnn(C)c3)c2)C2=CN=NC2NC2=C1C(=O)CC(C)(C)C2. The number of ketones is 1. The second-order valence-corrected chi connectivity index (χ2v) is 9.40. The van der Waals surface area contributed by atoms with Crippen molar-refractivity contribution >= 4 is 5.78 Å². The van der Waals surface area contributed by atoms with Crippen molar-refractivity contribution in [2.24, 2.45) is 22.7 Å². The second-order valence-electron chi connectivity index (χ2n) is 9.40. The van der Waals surface area contributed by atoms with Crippen LogP contribution in [0.25, 0.3) is 11.1 Å². The molecule has 2 atom stereocenters. The molecule has 0 amide bonds. The number of carbonyl (C=O) groups is 1. The van der Waals surface area contributed by atoms with Crippen molar-refractivity contribution in [1.29, 1.82) is 0 Å². The highest BCUT2D eigenvalue weighted by Gasteiger charge is 2.52. The Hall–Kier alpha value is -3.02. The van der Waals surface area contributed by atoms with E-state index in [0.29, 0.717) is 6.42 Å². The van der Waals surface area contributed by atoms with Gasteiger partial charge in [-0.3, -0.25) is 9.48 Å². The molecule has 1 aromatic heterocycles. The van der Waals surface area contributed by atoms with Gasteiger partial charge in [0.15, 0.2) is 11.9 Å². The van der Waals surface area contributed by atoms with Gasteiger partial charge in [0.1, 0.15) is 0 Å². The largest absolute Gasteiger partial charge is 0.362 e. The van der Waals surface area contributed by atoms with Gasteiger partial charge in [-0.05, 0) is 35.4 Å². The van der Waals surface area contributed by atoms with Gasteiger partial charge in [-0.1, -0.05) is 39.0 Å². The number of benzene rings is 1. The first kappa shape index (κ1) is 19.0. The molecular formula is C24H27N5O. The van der Waals surface area contributed by atoms with Crippen molar-refractivity contribution in [1.82, 2.24) is 15.1 Å². The van der Waals surface area contributed by atoms with Crippen LogP contribution in [0.3, 0.4) is 0 Å². The fourth-order valence-corrected chi connectivity index (χ4v) is 5.42. The third-order valence-corrected chi connectivity index (χ3v) is 6.70. The second kappa shape index (κ2) is 6.49. The molecule has 1 aliphatic carbocycles. The summed E-state index contributed by atoms with van der Waals surface area (Å²) >= 11 is 0. The first-order valence-electron chi connectivity index (χ1n) is 10.6. The van der Waals surface area contributed by atoms with E-state index in [1.54, 1.807) is 0 Å². The van der Waals surface area contributed by atoms with Gasteiger partial charge in [0, 0.05) is 42.1 Å². The average Bonchev–Trinajstić information content (AvgIpc) is 3.34. The summed E-state index contributed by atoms with van der Waals surface area (Å²) in [6.45, 7) is 6.49. The number of nitrogens with one attached hydrogen (secondary N) is 1. The third kappa shape index (κ3) is 2.70. The van der Waals surface area contributed by atoms with Crippen LogP contribution in [-0.2, 0) is 17.3 Å². The van der Waals surface area contributed by atoms with Crippen LogP contribution >= 0.6 is 0 Å². The van der Waals surface area contributed by atoms with Crippen molar-refractivity contribution < 1.29 is 4.79 Å². The van der Waals surface area contributed by atoms with Gasteiger partial charge < -0.3 is 5.32 Å². The molecule has 154 valence electrons. The van der Waals surface area contributed by atoms with Crippen LogP contribution in [0, 0.1) is 5.41 Å². The standard InChI is InChI=1S/C24H27N5O/c1-5-24(17-8-6-7-15(9-17)16-12-26-29(4)14-16)18-13-25-28-22(18)27-19-10-23(2,3)11-20(30)21(19)24/h6-9,12-14,22,27H,5,10-11H2,1-4H3/t22?,24-/m1/s1. The predicted molar refractivity (Wildman–Crippen MR) is 116 cm³/mol. The normalized spacial score (nSPS) is 26.9. The number of Topliss-reactive ketones (excluding diaryl/α,β-unsaturated/α-hetero) is 1. The Kier molecular flexibility index (Phi) is 4.10. The maximum atomic E-state index is 13.5. The topological polar surface area (TPSA) is 71.6 Å². The van der Waals surface area contributed by atoms with Crippen molar-refractivity contribution in [3.63, 3.8) is 0 Å². The van der Waals surface area contributed by atoms with Crippen LogP contribution in [0.15, 0.2) is 69.9 Å². The molecule has 0 saturated carbocycles. The number of carbonyl (C=O) groups excluding carboxylic acids is 1. The summed E-state index contributed by atoms with van der Waals surface area (Å²) in [5.74, 6) is 0.230. The van der Waals surface area contributed by atoms with E-state index >= 15 is 0 Å². The van der Waals surface area contributed by atoms with Crippen LogP contribution in [0.2, 0.25) is 0 Å². The minimum atomic E-state index is -0.513. The van der Waals surface area contributed by atoms with Gasteiger partial charge in [0.2, 0.25) is 0 Å². The number of aromatic nitrogens is 2. The Labute approximate surface area is 176 Å². The lowest BCUT2D eigenvalue weighted by Crippen LogP contribution is -2.51. The van der Waals surface area contributed by atoms with Gasteiger partial charge in [0.05, 0.1) is 17.8 Å². The number of nitrogens with zero attached hydrogens (tertiary/aromatic N) is 4. The van der Waals surface area contributed by atoms with Gasteiger partial charge >= 0.3 is 0 Å². The Morgan fingerprint density at radius 2 is 2.07 bits per heavy atom. The highest BCUT2D eigenvalue weighted by molar-refractivity contribution is 6.01. The molecule has 30 heavy (non-hydrogen) atoms. The minimum Gasteiger partial charge on any atom is -0.362 e. The van der Waals surface area contributed by atoms with E-state index in [1.807, 2.05) is 30.3 Å². The maximum Gasteiger partial charge on any atom is 0.164 e. The molecule has 1 N–H and O–H groups in total. The number of hydrogen-bond acceptors (Lipinski definition) is 5. The predicted octanol–water partition coefficient (Wildman–Crippen LogP) is 4.66. The smallest absolute Gasteiger partial charge is 0.164 e. The highest BCUT2D eigenvalue weighted by atomic mass is 16.1. The first-order chi connectivity index (χ1) is 14.3. The van der Waals surface area contributed by atoms with E-state index in [2.05, 4.69) is 65.7 Å². The monoisotopic (exact) mass is 401 g/mol. The number of azo groups is 1. The van der Waals surface area contributed by atoms with Crippen LogP contribution in [0.4, 0.5) is 0 Å². The molecule has 3 heterocycles. The Morgan fingerprint density at radius 1 is 1.23 bits per heavy atom. The number of fused-ring (bicyclic) bond motifs is 1. The molecule has 1 unspecified atom stereocenters. The zero-order valence-corrected chi connectivity index (χ0v) is 17.9. The maximum absolute atomic E-state index is 13.5. The van der Waals surface area contributed by atoms with E-state index in [9.17, 15) is 4.79 Å². The molecule has 1 aromatic carbocycles. The fraction of sp³-hybridized carbons (Fsp3) is 0.417. The van der Waals surface area contributed by atoms with Gasteiger partial charge in [0.25, 0.3) is 0 Å². The van der Waals surface area contributed by atoms with E-state index in [-0.39, 0.29) is 17.4 Å². The molecule has 6 heteroatoms. The Balaban J connectivity index is 1.74. The van der Waals surface area contributed by atoms with Gasteiger partial charge in [-0.25, -0.2) is 0 Å². The molecule has 6 nitrogen and oxygen atoms in total. The molecular weight excluding hydrogens is 374 g/mol. The summed E-state index contributed by atoms with van der Waals surface area (Å²) in [5, 5.41) is 16.5. The molecule has 0 spiro atoms. The molecule has 2 aliphatic heterocycles. The zero-order valence-electron chi connectivity index (χ0n) is 17.9. The third-order valence-electron chi connectivity index (χ3n) is 6.70. The van der Waals surface area contributed by atoms with Crippen molar-refractivity contribution in [3.8, 4) is 11.1 Å². The quantitative estimate of drug-likeness (QED) is 0.813. The van der Waals surface area contributed by atoms with Crippen LogP contribution < -0.4 is 5.32 Å². The van der Waals surface area contributed by atoms with Crippen LogP contribution in [0.1, 0.15) is 45.6 Å². The van der Waals surface area contributed by atoms with E-state index in [0.717, 1.165) is 46.4 Å². The summed E-state index contributed by atoms with van der Waals surface area (Å²) in [7, 11) is 1.92. The molecule has 5 rings (SSSR count). The van der Waals surface area contributed by atoms with Gasteiger partial charge in [-0.15, -0.1) is 0 Å². The lowest BCUT2D eigenvalue weighted by atomic mass is 9.58. The molecule has 0 saturated heterocycles. The summed E-state index contributed by atoms with van der Waals surface area (Å²) in [6, 6.07) is 8.52. The molecule has 0 bridgehead atoms. The summed E-state index contributed by atoms with van der Waals surface area (Å²) < 4.78 is 1.81. The molecule has 0 radical (unpaired) electrons. The average molecular weight is 402 g/mol. The van der Waals surface area contributed by atoms with Crippen molar-refractivity contribution in [2.75, 3.05) is 0 Å². The molecule has 3 aliphatic rings. The lowest BCUT2D eigenvalue weighted by Gasteiger charge is -2.47. The number of aryl methyl sites for hydroxylation is 1. The summed E-state index contributed by atoms with van der Waals surface area (Å²) in [5.41, 5.74) is 5.72. The lowest BCUT2D eigenvalue weighted by molar-refractivity contribution is -0.119. The van der Waals surface area contributed by atoms with E-state index in [1.165, 1.54) is 0 Å². The van der Waals surface area contributed by atoms with Crippen LogP contribution in [0.5, 0.6) is 0 Å². The Bertz CT molecular complexity index is 1140. The van der Waals surface area contributed by atoms with Gasteiger partial charge in [-0.2, -0.15) is 15.3 Å². The number of rotatable bonds is 3. The molecule has 2 aromatic rings. The van der Waals surface area contributed by atoms with Crippen LogP contribution in [-0.4, -0.2) is 21.7 Å². The summed E-state index contributed by atoms with van der Waals surface area (Å²) in [6.07, 6.45) is 7.73. The first-order valence-corrected chi connectivity index (χ1v) is 10.6. The van der Waals surface area contributed by atoms with Crippen molar-refractivity contribution in [3.05, 3.63) is 65.3 Å². The number of hydrogen-bond donors (Lipinski definition) is 1. The van der Waals surface area contributed by atoms with Crippen molar-refractivity contribution in [2.45, 2.75) is 51.6 Å². The van der Waals surface area contributed by atoms with E-state index < -0.39 is 5.41 Å². The van der Waals surface area contributed by atoms with E-state index in [4.69, 9.17) is 0 Å². The molecule has 0 fully saturated rings. The fourth-order valence-electron chi connectivity index (χ4n) is 5.42. The Morgan fingerprint density at radius 3 is 2.80 bits per heavy atom. The highest BCUT2D eigenvalue weighted by Crippen LogP contribution is 2.53. The zero-order chi connectivity index (χ0) is 21.1.